The van der Waals surface area contributed by atoms with Crippen molar-refractivity contribution in [3.05, 3.63) is 0 Å². The molecule has 0 saturated carbocycles. The summed E-state index contributed by atoms with van der Waals surface area (Å²) in [5.41, 5.74) is -1.71. The lowest BCUT2D eigenvalue weighted by atomic mass is 9.70. The van der Waals surface area contributed by atoms with Crippen LogP contribution in [0.4, 0.5) is 13.2 Å². The van der Waals surface area contributed by atoms with Gasteiger partial charge in [-0.15, -0.1) is 0 Å². The molecule has 2 unspecified atom stereocenters. The minimum Gasteiger partial charge on any atom is -0.481 e. The van der Waals surface area contributed by atoms with Gasteiger partial charge in [-0.1, -0.05) is 27.7 Å². The minimum absolute atomic E-state index is 0.0131. The van der Waals surface area contributed by atoms with Gasteiger partial charge in [-0.05, 0) is 31.6 Å². The zero-order valence-corrected chi connectivity index (χ0v) is 14.4. The van der Waals surface area contributed by atoms with Gasteiger partial charge in [0.2, 0.25) is 0 Å². The van der Waals surface area contributed by atoms with Gasteiger partial charge >= 0.3 is 18.1 Å². The van der Waals surface area contributed by atoms with Crippen LogP contribution in [0.3, 0.4) is 0 Å². The van der Waals surface area contributed by atoms with Gasteiger partial charge in [0.1, 0.15) is 0 Å². The molecule has 0 saturated heterocycles. The van der Waals surface area contributed by atoms with Crippen LogP contribution in [-0.4, -0.2) is 29.8 Å². The number of carboxylic acid groups (broad SMARTS) is 1. The molecular formula is C16H27F3O4. The van der Waals surface area contributed by atoms with Crippen LogP contribution < -0.4 is 0 Å². The number of hydrogen-bond donors (Lipinski definition) is 1. The largest absolute Gasteiger partial charge is 0.481 e. The predicted molar refractivity (Wildman–Crippen MR) is 79.8 cm³/mol. The topological polar surface area (TPSA) is 63.6 Å². The predicted octanol–water partition coefficient (Wildman–Crippen LogP) is 4.28. The first-order chi connectivity index (χ1) is 10.3. The summed E-state index contributed by atoms with van der Waals surface area (Å²) in [6, 6.07) is 0. The highest BCUT2D eigenvalue weighted by Gasteiger charge is 2.48. The molecule has 7 heteroatoms. The van der Waals surface area contributed by atoms with E-state index >= 15 is 0 Å². The van der Waals surface area contributed by atoms with E-state index in [1.54, 1.807) is 27.7 Å². The van der Waals surface area contributed by atoms with Gasteiger partial charge in [0.25, 0.3) is 0 Å². The van der Waals surface area contributed by atoms with E-state index in [9.17, 15) is 27.9 Å². The maximum absolute atomic E-state index is 12.6. The van der Waals surface area contributed by atoms with Crippen molar-refractivity contribution in [1.29, 1.82) is 0 Å². The lowest BCUT2D eigenvalue weighted by molar-refractivity contribution is -0.175. The fraction of sp³-hybridized carbons (Fsp3) is 0.875. The van der Waals surface area contributed by atoms with Crippen LogP contribution in [0.5, 0.6) is 0 Å². The van der Waals surface area contributed by atoms with Crippen molar-refractivity contribution in [2.75, 3.05) is 6.61 Å². The average Bonchev–Trinajstić information content (AvgIpc) is 2.38. The Bertz CT molecular complexity index is 405. The first-order valence-corrected chi connectivity index (χ1v) is 7.76. The Morgan fingerprint density at radius 1 is 1.04 bits per heavy atom. The Morgan fingerprint density at radius 3 is 1.91 bits per heavy atom. The molecule has 0 radical (unpaired) electrons. The summed E-state index contributed by atoms with van der Waals surface area (Å²) >= 11 is 0. The first kappa shape index (κ1) is 21.7. The molecule has 4 nitrogen and oxygen atoms in total. The van der Waals surface area contributed by atoms with Crippen molar-refractivity contribution in [1.82, 2.24) is 0 Å². The molecule has 0 rings (SSSR count). The third-order valence-electron chi connectivity index (χ3n) is 3.72. The summed E-state index contributed by atoms with van der Waals surface area (Å²) in [7, 11) is 0. The molecule has 0 aromatic rings. The summed E-state index contributed by atoms with van der Waals surface area (Å²) in [6.07, 6.45) is -6.17. The number of carbonyl (C=O) groups excluding carboxylic acids is 1. The minimum atomic E-state index is -4.46. The summed E-state index contributed by atoms with van der Waals surface area (Å²) in [5, 5.41) is 9.42. The standard InChI is InChI=1S/C16H27F3O4/c1-10(2)8-12(13(20)21)15(5,6-7-16(17,18)19)14(22)23-9-11(3)4/h10-12H,6-9H2,1-5H3,(H,20,21). The Hall–Kier alpha value is -1.27. The van der Waals surface area contributed by atoms with Gasteiger partial charge in [0.15, 0.2) is 0 Å². The van der Waals surface area contributed by atoms with Crippen LogP contribution in [0.2, 0.25) is 0 Å². The van der Waals surface area contributed by atoms with Crippen molar-refractivity contribution in [2.45, 2.75) is 60.1 Å². The normalized spacial score (nSPS) is 16.3. The lowest BCUT2D eigenvalue weighted by Crippen LogP contribution is -2.43. The van der Waals surface area contributed by atoms with Crippen molar-refractivity contribution in [3.63, 3.8) is 0 Å². The van der Waals surface area contributed by atoms with Gasteiger partial charge in [0.05, 0.1) is 17.9 Å². The summed E-state index contributed by atoms with van der Waals surface area (Å²) in [4.78, 5) is 23.9. The average molecular weight is 340 g/mol. The Labute approximate surface area is 135 Å². The summed E-state index contributed by atoms with van der Waals surface area (Å²) < 4.78 is 42.8. The number of halogens is 3. The smallest absolute Gasteiger partial charge is 0.389 e. The molecule has 0 spiro atoms. The van der Waals surface area contributed by atoms with E-state index in [0.717, 1.165) is 0 Å². The van der Waals surface area contributed by atoms with E-state index in [1.807, 2.05) is 0 Å². The van der Waals surface area contributed by atoms with Gasteiger partial charge in [-0.25, -0.2) is 0 Å². The molecule has 0 fully saturated rings. The maximum atomic E-state index is 12.6. The first-order valence-electron chi connectivity index (χ1n) is 7.76. The molecule has 0 aliphatic heterocycles. The third kappa shape index (κ3) is 7.70. The Morgan fingerprint density at radius 2 is 1.57 bits per heavy atom. The maximum Gasteiger partial charge on any atom is 0.389 e. The van der Waals surface area contributed by atoms with Crippen LogP contribution in [0.15, 0.2) is 0 Å². The summed E-state index contributed by atoms with van der Waals surface area (Å²) in [5.74, 6) is -3.42. The number of rotatable bonds is 9. The quantitative estimate of drug-likeness (QED) is 0.636. The second-order valence-electron chi connectivity index (χ2n) is 7.05. The van der Waals surface area contributed by atoms with E-state index in [4.69, 9.17) is 4.74 Å². The lowest BCUT2D eigenvalue weighted by Gasteiger charge is -2.34. The molecule has 0 aliphatic carbocycles. The molecule has 0 amide bonds. The van der Waals surface area contributed by atoms with Gasteiger partial charge in [-0.2, -0.15) is 13.2 Å². The zero-order chi connectivity index (χ0) is 18.4. The molecule has 0 heterocycles. The second-order valence-corrected chi connectivity index (χ2v) is 7.05. The molecule has 1 N–H and O–H groups in total. The molecule has 0 bridgehead atoms. The van der Waals surface area contributed by atoms with Crippen molar-refractivity contribution < 1.29 is 32.6 Å². The molecule has 2 atom stereocenters. The van der Waals surface area contributed by atoms with Crippen LogP contribution in [0.1, 0.15) is 53.9 Å². The SMILES string of the molecule is CC(C)COC(=O)C(C)(CCC(F)(F)F)C(CC(C)C)C(=O)O. The Balaban J connectivity index is 5.46. The number of hydrogen-bond acceptors (Lipinski definition) is 3. The molecule has 0 aromatic carbocycles. The number of carbonyl (C=O) groups is 2. The van der Waals surface area contributed by atoms with Crippen molar-refractivity contribution in [3.8, 4) is 0 Å². The van der Waals surface area contributed by atoms with Gasteiger partial charge in [-0.3, -0.25) is 9.59 Å². The third-order valence-corrected chi connectivity index (χ3v) is 3.72. The molecular weight excluding hydrogens is 313 g/mol. The van der Waals surface area contributed by atoms with E-state index in [1.165, 1.54) is 6.92 Å². The number of esters is 1. The van der Waals surface area contributed by atoms with E-state index in [2.05, 4.69) is 0 Å². The number of aliphatic carboxylic acids is 1. The van der Waals surface area contributed by atoms with Crippen molar-refractivity contribution >= 4 is 11.9 Å². The monoisotopic (exact) mass is 340 g/mol. The van der Waals surface area contributed by atoms with Crippen LogP contribution in [0.25, 0.3) is 0 Å². The molecule has 23 heavy (non-hydrogen) atoms. The zero-order valence-electron chi connectivity index (χ0n) is 14.4. The molecule has 0 aromatic heterocycles. The van der Waals surface area contributed by atoms with Crippen LogP contribution in [-0.2, 0) is 14.3 Å². The fourth-order valence-corrected chi connectivity index (χ4v) is 2.33. The van der Waals surface area contributed by atoms with Crippen molar-refractivity contribution in [2.24, 2.45) is 23.2 Å². The highest BCUT2D eigenvalue weighted by atomic mass is 19.4. The Kier molecular flexibility index (Phi) is 8.07. The highest BCUT2D eigenvalue weighted by molar-refractivity contribution is 5.84. The van der Waals surface area contributed by atoms with Gasteiger partial charge in [0, 0.05) is 6.42 Å². The second kappa shape index (κ2) is 8.55. The van der Waals surface area contributed by atoms with Gasteiger partial charge < -0.3 is 9.84 Å². The molecule has 0 aliphatic rings. The van der Waals surface area contributed by atoms with Crippen LogP contribution >= 0.6 is 0 Å². The van der Waals surface area contributed by atoms with E-state index < -0.39 is 42.3 Å². The number of ether oxygens (including phenoxy) is 1. The fourth-order valence-electron chi connectivity index (χ4n) is 2.33. The van der Waals surface area contributed by atoms with Crippen LogP contribution in [0, 0.1) is 23.2 Å². The highest BCUT2D eigenvalue weighted by Crippen LogP contribution is 2.41. The number of carboxylic acids is 1. The summed E-state index contributed by atoms with van der Waals surface area (Å²) in [6.45, 7) is 8.43. The number of alkyl halides is 3. The van der Waals surface area contributed by atoms with E-state index in [0.29, 0.717) is 0 Å². The van der Waals surface area contributed by atoms with E-state index in [-0.39, 0.29) is 24.9 Å². The molecule has 136 valence electrons.